The number of aromatic nitrogens is 2. The van der Waals surface area contributed by atoms with Gasteiger partial charge in [-0.15, -0.1) is 0 Å². The number of ether oxygens (including phenoxy) is 1. The van der Waals surface area contributed by atoms with Gasteiger partial charge in [-0.2, -0.15) is 5.10 Å². The summed E-state index contributed by atoms with van der Waals surface area (Å²) in [6, 6.07) is 9.63. The first-order chi connectivity index (χ1) is 9.25. The van der Waals surface area contributed by atoms with E-state index in [-0.39, 0.29) is 12.1 Å². The highest BCUT2D eigenvalue weighted by Crippen LogP contribution is 2.31. The van der Waals surface area contributed by atoms with Gasteiger partial charge in [-0.25, -0.2) is 4.79 Å². The molecule has 1 amide bonds. The molecule has 0 aliphatic carbocycles. The lowest BCUT2D eigenvalue weighted by atomic mass is 10.2. The van der Waals surface area contributed by atoms with Crippen molar-refractivity contribution in [2.75, 3.05) is 0 Å². The van der Waals surface area contributed by atoms with Crippen LogP contribution in [-0.4, -0.2) is 21.2 Å². The van der Waals surface area contributed by atoms with E-state index in [4.69, 9.17) is 4.74 Å². The Morgan fingerprint density at radius 2 is 2.26 bits per heavy atom. The molecular weight excluding hydrogens is 242 g/mol. The summed E-state index contributed by atoms with van der Waals surface area (Å²) < 4.78 is 5.33. The van der Waals surface area contributed by atoms with Crippen molar-refractivity contribution in [1.29, 1.82) is 0 Å². The summed E-state index contributed by atoms with van der Waals surface area (Å²) in [5, 5.41) is 6.97. The Bertz CT molecular complexity index is 579. The third-order valence-electron chi connectivity index (χ3n) is 3.40. The van der Waals surface area contributed by atoms with Crippen molar-refractivity contribution in [3.05, 3.63) is 53.3 Å². The zero-order valence-corrected chi connectivity index (χ0v) is 10.7. The van der Waals surface area contributed by atoms with E-state index < -0.39 is 0 Å². The molecule has 0 bridgehead atoms. The molecule has 1 aromatic carbocycles. The number of nitrogens with one attached hydrogen (secondary N) is 1. The second-order valence-electron chi connectivity index (χ2n) is 4.64. The van der Waals surface area contributed by atoms with Gasteiger partial charge in [-0.1, -0.05) is 30.3 Å². The van der Waals surface area contributed by atoms with Gasteiger partial charge in [0.2, 0.25) is 0 Å². The highest BCUT2D eigenvalue weighted by Gasteiger charge is 2.33. The molecule has 3 rings (SSSR count). The van der Waals surface area contributed by atoms with Crippen molar-refractivity contribution >= 4 is 6.09 Å². The smallest absolute Gasteiger partial charge is 0.410 e. The van der Waals surface area contributed by atoms with Crippen molar-refractivity contribution in [2.24, 2.45) is 0 Å². The van der Waals surface area contributed by atoms with Crippen molar-refractivity contribution in [2.45, 2.75) is 26.1 Å². The highest BCUT2D eigenvalue weighted by molar-refractivity contribution is 5.69. The van der Waals surface area contributed by atoms with E-state index >= 15 is 0 Å². The Morgan fingerprint density at radius 3 is 3.00 bits per heavy atom. The molecule has 1 aliphatic rings. The van der Waals surface area contributed by atoms with E-state index in [1.165, 1.54) is 0 Å². The lowest BCUT2D eigenvalue weighted by Gasteiger charge is -2.20. The lowest BCUT2D eigenvalue weighted by molar-refractivity contribution is 0.0853. The minimum absolute atomic E-state index is 0.0375. The molecule has 1 aliphatic heterocycles. The summed E-state index contributed by atoms with van der Waals surface area (Å²) in [6.45, 7) is 2.81. The van der Waals surface area contributed by atoms with Crippen LogP contribution in [0.4, 0.5) is 4.79 Å². The molecule has 1 atom stereocenters. The van der Waals surface area contributed by atoms with Crippen LogP contribution in [-0.2, 0) is 17.9 Å². The fourth-order valence-electron chi connectivity index (χ4n) is 2.31. The molecule has 0 spiro atoms. The van der Waals surface area contributed by atoms with Gasteiger partial charge < -0.3 is 4.74 Å². The summed E-state index contributed by atoms with van der Waals surface area (Å²) in [5.74, 6) is 0. The van der Waals surface area contributed by atoms with Crippen molar-refractivity contribution in [3.63, 3.8) is 0 Å². The number of hydrogen-bond donors (Lipinski definition) is 1. The molecule has 1 aromatic heterocycles. The molecule has 1 unspecified atom stereocenters. The van der Waals surface area contributed by atoms with Crippen LogP contribution in [0.3, 0.4) is 0 Å². The minimum atomic E-state index is -0.297. The summed E-state index contributed by atoms with van der Waals surface area (Å²) >= 11 is 0. The number of benzene rings is 1. The summed E-state index contributed by atoms with van der Waals surface area (Å²) in [4.78, 5) is 13.8. The number of aromatic amines is 1. The van der Waals surface area contributed by atoms with Crippen LogP contribution in [0.5, 0.6) is 0 Å². The Morgan fingerprint density at radius 1 is 1.47 bits per heavy atom. The summed E-state index contributed by atoms with van der Waals surface area (Å²) in [7, 11) is 0. The molecule has 0 saturated heterocycles. The topological polar surface area (TPSA) is 58.2 Å². The van der Waals surface area contributed by atoms with Gasteiger partial charge in [0.25, 0.3) is 0 Å². The summed E-state index contributed by atoms with van der Waals surface area (Å²) in [6.07, 6.45) is 1.53. The Labute approximate surface area is 111 Å². The van der Waals surface area contributed by atoms with Crippen LogP contribution in [0.1, 0.15) is 29.8 Å². The first kappa shape index (κ1) is 11.8. The maximum Gasteiger partial charge on any atom is 0.410 e. The number of nitrogens with zero attached hydrogens (tertiary/aromatic N) is 2. The zero-order valence-electron chi connectivity index (χ0n) is 10.7. The average molecular weight is 257 g/mol. The molecule has 98 valence electrons. The number of hydrogen-bond acceptors (Lipinski definition) is 3. The van der Waals surface area contributed by atoms with Gasteiger partial charge >= 0.3 is 6.09 Å². The number of H-pyrrole nitrogens is 1. The molecule has 5 nitrogen and oxygen atoms in total. The zero-order chi connectivity index (χ0) is 13.2. The predicted molar refractivity (Wildman–Crippen MR) is 69.2 cm³/mol. The van der Waals surface area contributed by atoms with E-state index in [0.29, 0.717) is 13.2 Å². The van der Waals surface area contributed by atoms with Crippen LogP contribution < -0.4 is 0 Å². The van der Waals surface area contributed by atoms with Crippen molar-refractivity contribution in [1.82, 2.24) is 15.1 Å². The number of fused-ring (bicyclic) bond motifs is 1. The SMILES string of the molecule is CC1c2n[nH]cc2CN1C(=O)OCc1ccccc1. The molecule has 0 radical (unpaired) electrons. The molecular formula is C14H15N3O2. The van der Waals surface area contributed by atoms with Gasteiger partial charge in [-0.05, 0) is 12.5 Å². The number of carbonyl (C=O) groups excluding carboxylic acids is 1. The highest BCUT2D eigenvalue weighted by atomic mass is 16.6. The van der Waals surface area contributed by atoms with E-state index in [1.807, 2.05) is 43.5 Å². The van der Waals surface area contributed by atoms with Crippen molar-refractivity contribution in [3.8, 4) is 0 Å². The van der Waals surface area contributed by atoms with Gasteiger partial charge in [0.15, 0.2) is 0 Å². The minimum Gasteiger partial charge on any atom is -0.445 e. The largest absolute Gasteiger partial charge is 0.445 e. The molecule has 2 aromatic rings. The van der Waals surface area contributed by atoms with E-state index in [1.54, 1.807) is 4.90 Å². The van der Waals surface area contributed by atoms with E-state index in [0.717, 1.165) is 16.8 Å². The van der Waals surface area contributed by atoms with E-state index in [9.17, 15) is 4.79 Å². The summed E-state index contributed by atoms with van der Waals surface area (Å²) in [5.41, 5.74) is 2.97. The number of carbonyl (C=O) groups is 1. The van der Waals surface area contributed by atoms with Crippen LogP contribution >= 0.6 is 0 Å². The Balaban J connectivity index is 1.62. The van der Waals surface area contributed by atoms with Crippen LogP contribution in [0.25, 0.3) is 0 Å². The maximum absolute atomic E-state index is 12.1. The normalized spacial score (nSPS) is 17.3. The van der Waals surface area contributed by atoms with Gasteiger partial charge in [0.1, 0.15) is 6.61 Å². The Hall–Kier alpha value is -2.30. The number of amides is 1. The predicted octanol–water partition coefficient (Wildman–Crippen LogP) is 2.62. The van der Waals surface area contributed by atoms with Crippen molar-refractivity contribution < 1.29 is 9.53 Å². The molecule has 0 fully saturated rings. The third-order valence-corrected chi connectivity index (χ3v) is 3.40. The van der Waals surface area contributed by atoms with Crippen LogP contribution in [0.2, 0.25) is 0 Å². The number of rotatable bonds is 2. The molecule has 1 N–H and O–H groups in total. The molecule has 0 saturated carbocycles. The standard InChI is InChI=1S/C14H15N3O2/c1-10-13-12(7-15-16-13)8-17(10)14(18)19-9-11-5-3-2-4-6-11/h2-7,10H,8-9H2,1H3,(H,15,16). The second-order valence-corrected chi connectivity index (χ2v) is 4.64. The first-order valence-corrected chi connectivity index (χ1v) is 6.25. The maximum atomic E-state index is 12.1. The third kappa shape index (κ3) is 2.19. The fourth-order valence-corrected chi connectivity index (χ4v) is 2.31. The fraction of sp³-hybridized carbons (Fsp3) is 0.286. The van der Waals surface area contributed by atoms with Gasteiger partial charge in [0.05, 0.1) is 18.3 Å². The lowest BCUT2D eigenvalue weighted by Crippen LogP contribution is -2.29. The average Bonchev–Trinajstić information content (AvgIpc) is 3.01. The van der Waals surface area contributed by atoms with Gasteiger partial charge in [-0.3, -0.25) is 10.00 Å². The first-order valence-electron chi connectivity index (χ1n) is 6.25. The monoisotopic (exact) mass is 257 g/mol. The Kier molecular flexibility index (Phi) is 2.95. The van der Waals surface area contributed by atoms with E-state index in [2.05, 4.69) is 10.2 Å². The second kappa shape index (κ2) is 4.76. The molecule has 2 heterocycles. The van der Waals surface area contributed by atoms with Gasteiger partial charge in [0, 0.05) is 11.8 Å². The molecule has 19 heavy (non-hydrogen) atoms. The van der Waals surface area contributed by atoms with Crippen LogP contribution in [0.15, 0.2) is 36.5 Å². The molecule has 5 heteroatoms. The quantitative estimate of drug-likeness (QED) is 0.899. The van der Waals surface area contributed by atoms with Crippen LogP contribution in [0, 0.1) is 0 Å².